The van der Waals surface area contributed by atoms with E-state index >= 15 is 0 Å². The highest BCUT2D eigenvalue weighted by molar-refractivity contribution is 5.15. The zero-order valence-corrected chi connectivity index (χ0v) is 10.1. The molecule has 2 saturated heterocycles. The monoisotopic (exact) mass is 232 g/mol. The van der Waals surface area contributed by atoms with Gasteiger partial charge in [0.05, 0.1) is 6.17 Å². The Labute approximate surface area is 102 Å². The SMILES string of the molecule is CC1C2C(N)NNC2CN1Cc1ccccc1. The first-order chi connectivity index (χ1) is 8.25. The fourth-order valence-corrected chi connectivity index (χ4v) is 3.14. The maximum atomic E-state index is 6.07. The van der Waals surface area contributed by atoms with Crippen molar-refractivity contribution in [1.82, 2.24) is 15.8 Å². The van der Waals surface area contributed by atoms with Gasteiger partial charge in [0.25, 0.3) is 0 Å². The van der Waals surface area contributed by atoms with Crippen molar-refractivity contribution in [1.29, 1.82) is 0 Å². The molecule has 4 unspecified atom stereocenters. The first-order valence-corrected chi connectivity index (χ1v) is 6.30. The molecule has 1 aromatic rings. The first kappa shape index (κ1) is 11.2. The lowest BCUT2D eigenvalue weighted by Gasteiger charge is -2.26. The summed E-state index contributed by atoms with van der Waals surface area (Å²) in [4.78, 5) is 2.51. The van der Waals surface area contributed by atoms with Crippen LogP contribution >= 0.6 is 0 Å². The molecule has 17 heavy (non-hydrogen) atoms. The number of nitrogens with zero attached hydrogens (tertiary/aromatic N) is 1. The summed E-state index contributed by atoms with van der Waals surface area (Å²) in [5.74, 6) is 0.513. The van der Waals surface area contributed by atoms with E-state index in [1.165, 1.54) is 5.56 Å². The molecule has 0 saturated carbocycles. The summed E-state index contributed by atoms with van der Waals surface area (Å²) in [5, 5.41) is 0. The van der Waals surface area contributed by atoms with Gasteiger partial charge in [-0.05, 0) is 12.5 Å². The largest absolute Gasteiger partial charge is 0.315 e. The van der Waals surface area contributed by atoms with Crippen LogP contribution in [0.15, 0.2) is 30.3 Å². The summed E-state index contributed by atoms with van der Waals surface area (Å²) >= 11 is 0. The standard InChI is InChI=1S/C13H20N4/c1-9-12-11(15-16-13(12)14)8-17(9)7-10-5-3-2-4-6-10/h2-6,9,11-13,15-16H,7-8,14H2,1H3. The molecule has 0 bridgehead atoms. The topological polar surface area (TPSA) is 53.3 Å². The second-order valence-electron chi connectivity index (χ2n) is 5.15. The molecule has 0 aromatic heterocycles. The quantitative estimate of drug-likeness (QED) is 0.685. The van der Waals surface area contributed by atoms with Crippen LogP contribution in [0, 0.1) is 5.92 Å². The summed E-state index contributed by atoms with van der Waals surface area (Å²) in [7, 11) is 0. The van der Waals surface area contributed by atoms with E-state index in [9.17, 15) is 0 Å². The van der Waals surface area contributed by atoms with Crippen LogP contribution in [0.3, 0.4) is 0 Å². The number of benzene rings is 1. The summed E-state index contributed by atoms with van der Waals surface area (Å²) in [5.41, 5.74) is 13.9. The second-order valence-corrected chi connectivity index (χ2v) is 5.15. The van der Waals surface area contributed by atoms with Gasteiger partial charge in [-0.2, -0.15) is 0 Å². The molecule has 2 aliphatic rings. The van der Waals surface area contributed by atoms with Gasteiger partial charge in [-0.1, -0.05) is 30.3 Å². The Hall–Kier alpha value is -0.940. The summed E-state index contributed by atoms with van der Waals surface area (Å²) in [6.07, 6.45) is 0.0794. The van der Waals surface area contributed by atoms with E-state index in [-0.39, 0.29) is 6.17 Å². The molecule has 4 nitrogen and oxygen atoms in total. The molecule has 0 amide bonds. The van der Waals surface area contributed by atoms with Gasteiger partial charge >= 0.3 is 0 Å². The highest BCUT2D eigenvalue weighted by Gasteiger charge is 2.45. The summed E-state index contributed by atoms with van der Waals surface area (Å²) in [6, 6.07) is 11.7. The molecule has 4 heteroatoms. The average Bonchev–Trinajstić information content (AvgIpc) is 2.84. The lowest BCUT2D eigenvalue weighted by Crippen LogP contribution is -2.45. The van der Waals surface area contributed by atoms with Crippen LogP contribution in [0.4, 0.5) is 0 Å². The Kier molecular flexibility index (Phi) is 2.88. The Morgan fingerprint density at radius 3 is 2.76 bits per heavy atom. The number of fused-ring (bicyclic) bond motifs is 1. The predicted molar refractivity (Wildman–Crippen MR) is 67.8 cm³/mol. The van der Waals surface area contributed by atoms with Gasteiger partial charge in [0, 0.05) is 31.1 Å². The summed E-state index contributed by atoms with van der Waals surface area (Å²) in [6.45, 7) is 4.37. The fraction of sp³-hybridized carbons (Fsp3) is 0.538. The molecule has 0 radical (unpaired) electrons. The van der Waals surface area contributed by atoms with Crippen LogP contribution in [0.2, 0.25) is 0 Å². The van der Waals surface area contributed by atoms with Crippen molar-refractivity contribution in [3.8, 4) is 0 Å². The Morgan fingerprint density at radius 1 is 1.29 bits per heavy atom. The van der Waals surface area contributed by atoms with E-state index in [1.807, 2.05) is 0 Å². The van der Waals surface area contributed by atoms with Crippen molar-refractivity contribution in [2.24, 2.45) is 11.7 Å². The maximum Gasteiger partial charge on any atom is 0.0738 e. The highest BCUT2D eigenvalue weighted by atomic mass is 15.5. The van der Waals surface area contributed by atoms with Gasteiger partial charge in [-0.15, -0.1) is 0 Å². The zero-order valence-electron chi connectivity index (χ0n) is 10.1. The van der Waals surface area contributed by atoms with Crippen LogP contribution in [-0.2, 0) is 6.54 Å². The molecule has 0 spiro atoms. The second kappa shape index (κ2) is 4.38. The molecular weight excluding hydrogens is 212 g/mol. The van der Waals surface area contributed by atoms with E-state index in [1.54, 1.807) is 0 Å². The van der Waals surface area contributed by atoms with E-state index in [4.69, 9.17) is 5.73 Å². The minimum atomic E-state index is 0.0794. The van der Waals surface area contributed by atoms with E-state index in [2.05, 4.69) is 53.0 Å². The van der Waals surface area contributed by atoms with Gasteiger partial charge in [0.1, 0.15) is 0 Å². The van der Waals surface area contributed by atoms with Crippen LogP contribution < -0.4 is 16.6 Å². The third-order valence-electron chi connectivity index (χ3n) is 4.11. The van der Waals surface area contributed by atoms with Crippen molar-refractivity contribution < 1.29 is 0 Å². The van der Waals surface area contributed by atoms with E-state index in [0.717, 1.165) is 13.1 Å². The van der Waals surface area contributed by atoms with Gasteiger partial charge < -0.3 is 5.73 Å². The molecule has 3 rings (SSSR count). The number of nitrogens with two attached hydrogens (primary N) is 1. The van der Waals surface area contributed by atoms with Crippen LogP contribution in [0.25, 0.3) is 0 Å². The van der Waals surface area contributed by atoms with Crippen molar-refractivity contribution >= 4 is 0 Å². The number of hydrazine groups is 1. The Morgan fingerprint density at radius 2 is 2.06 bits per heavy atom. The maximum absolute atomic E-state index is 6.07. The molecule has 4 atom stereocenters. The Bertz CT molecular complexity index is 380. The van der Waals surface area contributed by atoms with E-state index < -0.39 is 0 Å². The highest BCUT2D eigenvalue weighted by Crippen LogP contribution is 2.29. The average molecular weight is 232 g/mol. The van der Waals surface area contributed by atoms with Crippen molar-refractivity contribution in [2.45, 2.75) is 31.7 Å². The molecule has 0 aliphatic carbocycles. The van der Waals surface area contributed by atoms with Crippen molar-refractivity contribution in [3.05, 3.63) is 35.9 Å². The van der Waals surface area contributed by atoms with Gasteiger partial charge in [-0.25, -0.2) is 5.43 Å². The summed E-state index contributed by atoms with van der Waals surface area (Å²) < 4.78 is 0. The third kappa shape index (κ3) is 1.98. The van der Waals surface area contributed by atoms with E-state index in [0.29, 0.717) is 18.0 Å². The molecule has 92 valence electrons. The lowest BCUT2D eigenvalue weighted by molar-refractivity contribution is 0.213. The van der Waals surface area contributed by atoms with Crippen LogP contribution in [-0.4, -0.2) is 29.7 Å². The smallest absolute Gasteiger partial charge is 0.0738 e. The lowest BCUT2D eigenvalue weighted by atomic mass is 9.97. The van der Waals surface area contributed by atoms with Crippen molar-refractivity contribution in [2.75, 3.05) is 6.54 Å². The third-order valence-corrected chi connectivity index (χ3v) is 4.11. The van der Waals surface area contributed by atoms with Crippen LogP contribution in [0.5, 0.6) is 0 Å². The van der Waals surface area contributed by atoms with Crippen LogP contribution in [0.1, 0.15) is 12.5 Å². The molecule has 2 fully saturated rings. The molecule has 2 heterocycles. The predicted octanol–water partition coefficient (Wildman–Crippen LogP) is 0.268. The normalized spacial score (nSPS) is 37.3. The number of nitrogens with one attached hydrogen (secondary N) is 2. The van der Waals surface area contributed by atoms with Gasteiger partial charge in [0.2, 0.25) is 0 Å². The molecule has 2 aliphatic heterocycles. The number of hydrogen-bond acceptors (Lipinski definition) is 4. The molecule has 4 N–H and O–H groups in total. The molecular formula is C13H20N4. The zero-order chi connectivity index (χ0) is 11.8. The minimum absolute atomic E-state index is 0.0794. The fourth-order valence-electron chi connectivity index (χ4n) is 3.14. The minimum Gasteiger partial charge on any atom is -0.315 e. The van der Waals surface area contributed by atoms with Crippen molar-refractivity contribution in [3.63, 3.8) is 0 Å². The van der Waals surface area contributed by atoms with Gasteiger partial charge in [-0.3, -0.25) is 10.3 Å². The molecule has 1 aromatic carbocycles. The Balaban J connectivity index is 1.70. The number of hydrogen-bond donors (Lipinski definition) is 3. The number of rotatable bonds is 2. The number of likely N-dealkylation sites (tertiary alicyclic amines) is 1. The first-order valence-electron chi connectivity index (χ1n) is 6.30. The van der Waals surface area contributed by atoms with Gasteiger partial charge in [0.15, 0.2) is 0 Å².